The van der Waals surface area contributed by atoms with Gasteiger partial charge in [0.05, 0.1) is 16.8 Å². The standard InChI is InChI=1S/C21H19Cl2F3N2O3/c22-16-5-6-19-18(7-16)20(23)14(11-30-19)9-28-31-12-17(29)10-27-8-13-1-3-15(4-2-13)21(24,25)26/h1-7,9,17,27,29H,8,10-12H2. The third-order valence-electron chi connectivity index (χ3n) is 4.38. The van der Waals surface area contributed by atoms with Crippen LogP contribution in [0.1, 0.15) is 16.7 Å². The number of ether oxygens (including phenoxy) is 1. The number of fused-ring (bicyclic) bond motifs is 1. The minimum absolute atomic E-state index is 0.0787. The summed E-state index contributed by atoms with van der Waals surface area (Å²) in [4.78, 5) is 5.09. The average Bonchev–Trinajstić information content (AvgIpc) is 2.73. The number of benzene rings is 2. The highest BCUT2D eigenvalue weighted by molar-refractivity contribution is 6.51. The number of hydrogen-bond acceptors (Lipinski definition) is 5. The highest BCUT2D eigenvalue weighted by atomic mass is 35.5. The van der Waals surface area contributed by atoms with E-state index in [1.165, 1.54) is 18.3 Å². The number of nitrogens with zero attached hydrogens (tertiary/aromatic N) is 1. The monoisotopic (exact) mass is 474 g/mol. The lowest BCUT2D eigenvalue weighted by Crippen LogP contribution is -2.29. The molecule has 3 rings (SSSR count). The van der Waals surface area contributed by atoms with Gasteiger partial charge in [0.1, 0.15) is 25.1 Å². The van der Waals surface area contributed by atoms with Gasteiger partial charge in [-0.2, -0.15) is 13.2 Å². The molecule has 2 aromatic rings. The smallest absolute Gasteiger partial charge is 0.416 e. The highest BCUT2D eigenvalue weighted by Crippen LogP contribution is 2.36. The average molecular weight is 475 g/mol. The Morgan fingerprint density at radius 2 is 1.94 bits per heavy atom. The predicted octanol–water partition coefficient (Wildman–Crippen LogP) is 4.85. The zero-order valence-corrected chi connectivity index (χ0v) is 17.6. The van der Waals surface area contributed by atoms with E-state index < -0.39 is 17.8 Å². The number of aliphatic hydroxyl groups is 1. The molecule has 2 aromatic carbocycles. The minimum atomic E-state index is -4.36. The van der Waals surface area contributed by atoms with Crippen molar-refractivity contribution in [3.05, 3.63) is 69.8 Å². The summed E-state index contributed by atoms with van der Waals surface area (Å²) >= 11 is 12.3. The minimum Gasteiger partial charge on any atom is -0.488 e. The fraction of sp³-hybridized carbons (Fsp3) is 0.286. The molecule has 1 unspecified atom stereocenters. The van der Waals surface area contributed by atoms with Gasteiger partial charge in [0.2, 0.25) is 0 Å². The van der Waals surface area contributed by atoms with E-state index >= 15 is 0 Å². The third kappa shape index (κ3) is 6.61. The number of alkyl halides is 3. The first kappa shape index (κ1) is 23.4. The van der Waals surface area contributed by atoms with E-state index in [0.29, 0.717) is 39.0 Å². The Hall–Kier alpha value is -2.26. The van der Waals surface area contributed by atoms with Gasteiger partial charge in [-0.1, -0.05) is 40.5 Å². The van der Waals surface area contributed by atoms with Crippen molar-refractivity contribution in [2.75, 3.05) is 19.8 Å². The van der Waals surface area contributed by atoms with Crippen LogP contribution in [0.3, 0.4) is 0 Å². The fourth-order valence-electron chi connectivity index (χ4n) is 2.77. The second-order valence-corrected chi connectivity index (χ2v) is 7.59. The van der Waals surface area contributed by atoms with Gasteiger partial charge >= 0.3 is 6.18 Å². The molecule has 0 fully saturated rings. The number of aliphatic hydroxyl groups excluding tert-OH is 1. The van der Waals surface area contributed by atoms with E-state index in [2.05, 4.69) is 10.5 Å². The van der Waals surface area contributed by atoms with E-state index in [1.54, 1.807) is 18.2 Å². The molecule has 1 aliphatic rings. The molecule has 166 valence electrons. The summed E-state index contributed by atoms with van der Waals surface area (Å²) in [5, 5.41) is 17.7. The Balaban J connectivity index is 1.41. The van der Waals surface area contributed by atoms with Crippen LogP contribution >= 0.6 is 23.2 Å². The summed E-state index contributed by atoms with van der Waals surface area (Å²) in [6.45, 7) is 0.623. The van der Waals surface area contributed by atoms with Crippen LogP contribution < -0.4 is 10.1 Å². The summed E-state index contributed by atoms with van der Waals surface area (Å²) in [6.07, 6.45) is -3.81. The first-order chi connectivity index (χ1) is 14.7. The van der Waals surface area contributed by atoms with Gasteiger partial charge in [0, 0.05) is 29.2 Å². The molecule has 10 heteroatoms. The van der Waals surface area contributed by atoms with Crippen molar-refractivity contribution in [3.63, 3.8) is 0 Å². The SMILES string of the molecule is OC(CNCc1ccc(C(F)(F)F)cc1)CON=CC1=C(Cl)c2cc(Cl)ccc2OC1. The second-order valence-electron chi connectivity index (χ2n) is 6.78. The third-order valence-corrected chi connectivity index (χ3v) is 5.06. The summed E-state index contributed by atoms with van der Waals surface area (Å²) in [6, 6.07) is 9.95. The molecular formula is C21H19Cl2F3N2O3. The molecule has 5 nitrogen and oxygen atoms in total. The van der Waals surface area contributed by atoms with Crippen molar-refractivity contribution in [3.8, 4) is 5.75 Å². The zero-order valence-electron chi connectivity index (χ0n) is 16.1. The van der Waals surface area contributed by atoms with Gasteiger partial charge in [-0.15, -0.1) is 0 Å². The number of halogens is 5. The van der Waals surface area contributed by atoms with Gasteiger partial charge in [-0.3, -0.25) is 0 Å². The Bertz CT molecular complexity index is 963. The van der Waals surface area contributed by atoms with Crippen LogP contribution in [0.2, 0.25) is 5.02 Å². The molecule has 0 radical (unpaired) electrons. The van der Waals surface area contributed by atoms with Crippen molar-refractivity contribution in [2.45, 2.75) is 18.8 Å². The lowest BCUT2D eigenvalue weighted by atomic mass is 10.1. The van der Waals surface area contributed by atoms with Gasteiger partial charge in [-0.25, -0.2) is 0 Å². The van der Waals surface area contributed by atoms with Gasteiger partial charge < -0.3 is 20.0 Å². The molecule has 2 N–H and O–H groups in total. The first-order valence-electron chi connectivity index (χ1n) is 9.25. The van der Waals surface area contributed by atoms with E-state index in [1.807, 2.05) is 0 Å². The number of oxime groups is 1. The van der Waals surface area contributed by atoms with Crippen molar-refractivity contribution in [1.29, 1.82) is 0 Å². The molecule has 1 atom stereocenters. The van der Waals surface area contributed by atoms with Gasteiger partial charge in [0.15, 0.2) is 0 Å². The lowest BCUT2D eigenvalue weighted by molar-refractivity contribution is -0.137. The van der Waals surface area contributed by atoms with E-state index in [0.717, 1.165) is 12.1 Å². The second kappa shape index (κ2) is 10.4. The first-order valence-corrected chi connectivity index (χ1v) is 10.0. The molecule has 0 saturated heterocycles. The Kier molecular flexibility index (Phi) is 7.83. The molecule has 0 aromatic heterocycles. The van der Waals surface area contributed by atoms with Crippen LogP contribution in [0.4, 0.5) is 13.2 Å². The molecule has 31 heavy (non-hydrogen) atoms. The number of hydrogen-bond donors (Lipinski definition) is 2. The van der Waals surface area contributed by atoms with Crippen LogP contribution in [0, 0.1) is 0 Å². The van der Waals surface area contributed by atoms with Crippen LogP contribution in [0.5, 0.6) is 5.75 Å². The summed E-state index contributed by atoms with van der Waals surface area (Å²) in [5.41, 5.74) is 1.23. The van der Waals surface area contributed by atoms with Crippen LogP contribution in [0.15, 0.2) is 53.2 Å². The topological polar surface area (TPSA) is 63.1 Å². The normalized spacial score (nSPS) is 15.0. The fourth-order valence-corrected chi connectivity index (χ4v) is 3.19. The van der Waals surface area contributed by atoms with Crippen molar-refractivity contribution in [2.24, 2.45) is 5.16 Å². The summed E-state index contributed by atoms with van der Waals surface area (Å²) in [5.74, 6) is 0.627. The largest absolute Gasteiger partial charge is 0.488 e. The summed E-state index contributed by atoms with van der Waals surface area (Å²) < 4.78 is 43.2. The number of nitrogens with one attached hydrogen (secondary N) is 1. The molecule has 0 saturated carbocycles. The van der Waals surface area contributed by atoms with Crippen LogP contribution in [-0.2, 0) is 17.6 Å². The van der Waals surface area contributed by atoms with Crippen molar-refractivity contribution >= 4 is 34.4 Å². The van der Waals surface area contributed by atoms with Crippen molar-refractivity contribution in [1.82, 2.24) is 5.32 Å². The summed E-state index contributed by atoms with van der Waals surface area (Å²) in [7, 11) is 0. The van der Waals surface area contributed by atoms with Crippen LogP contribution in [0.25, 0.3) is 5.03 Å². The molecule has 0 aliphatic carbocycles. The Morgan fingerprint density at radius 1 is 1.19 bits per heavy atom. The maximum atomic E-state index is 12.6. The maximum absolute atomic E-state index is 12.6. The van der Waals surface area contributed by atoms with Crippen LogP contribution in [-0.4, -0.2) is 37.2 Å². The predicted molar refractivity (Wildman–Crippen MR) is 113 cm³/mol. The zero-order chi connectivity index (χ0) is 22.4. The maximum Gasteiger partial charge on any atom is 0.416 e. The highest BCUT2D eigenvalue weighted by Gasteiger charge is 2.29. The van der Waals surface area contributed by atoms with Gasteiger partial charge in [-0.05, 0) is 35.9 Å². The Labute approximate surface area is 187 Å². The molecule has 0 spiro atoms. The quantitative estimate of drug-likeness (QED) is 0.423. The number of rotatable bonds is 8. The molecule has 0 bridgehead atoms. The lowest BCUT2D eigenvalue weighted by Gasteiger charge is -2.18. The van der Waals surface area contributed by atoms with E-state index in [-0.39, 0.29) is 19.8 Å². The molecular weight excluding hydrogens is 456 g/mol. The van der Waals surface area contributed by atoms with E-state index in [4.69, 9.17) is 32.8 Å². The van der Waals surface area contributed by atoms with E-state index in [9.17, 15) is 18.3 Å². The van der Waals surface area contributed by atoms with Gasteiger partial charge in [0.25, 0.3) is 0 Å². The van der Waals surface area contributed by atoms with Crippen molar-refractivity contribution < 1.29 is 27.9 Å². The Morgan fingerprint density at radius 3 is 2.65 bits per heavy atom. The molecule has 1 aliphatic heterocycles. The molecule has 1 heterocycles. The molecule has 0 amide bonds.